The average Bonchev–Trinajstić information content (AvgIpc) is 3.33. The Kier molecular flexibility index (Phi) is 5.94. The van der Waals surface area contributed by atoms with E-state index in [0.29, 0.717) is 6.54 Å². The largest absolute Gasteiger partial charge is 0.355 e. The van der Waals surface area contributed by atoms with Gasteiger partial charge in [0.15, 0.2) is 5.82 Å². The summed E-state index contributed by atoms with van der Waals surface area (Å²) in [5.74, 6) is 1.22. The number of pyridine rings is 1. The van der Waals surface area contributed by atoms with E-state index >= 15 is 0 Å². The van der Waals surface area contributed by atoms with Crippen LogP contribution in [0.5, 0.6) is 0 Å². The van der Waals surface area contributed by atoms with Crippen LogP contribution < -0.4 is 10.2 Å². The molecule has 1 amide bonds. The zero-order valence-electron chi connectivity index (χ0n) is 16.9. The Hall–Kier alpha value is -3.08. The average molecular weight is 389 g/mol. The van der Waals surface area contributed by atoms with Crippen LogP contribution in [0.3, 0.4) is 0 Å². The summed E-state index contributed by atoms with van der Waals surface area (Å²) < 4.78 is 2.09. The van der Waals surface area contributed by atoms with Crippen molar-refractivity contribution >= 4 is 11.7 Å². The van der Waals surface area contributed by atoms with Crippen molar-refractivity contribution < 1.29 is 4.79 Å². The van der Waals surface area contributed by atoms with Gasteiger partial charge in [0.25, 0.3) is 0 Å². The number of anilines is 1. The Labute approximate surface area is 172 Å². The molecule has 4 rings (SSSR count). The molecule has 1 N–H and O–H groups in total. The van der Waals surface area contributed by atoms with Crippen LogP contribution in [0.4, 0.5) is 5.82 Å². The molecule has 29 heavy (non-hydrogen) atoms. The highest BCUT2D eigenvalue weighted by molar-refractivity contribution is 5.79. The van der Waals surface area contributed by atoms with Gasteiger partial charge in [0.2, 0.25) is 5.91 Å². The van der Waals surface area contributed by atoms with E-state index in [4.69, 9.17) is 0 Å². The molecule has 5 heteroatoms. The number of hydrogen-bond acceptors (Lipinski definition) is 3. The van der Waals surface area contributed by atoms with Crippen LogP contribution >= 0.6 is 0 Å². The molecular formula is C24H28N4O. The van der Waals surface area contributed by atoms with Gasteiger partial charge < -0.3 is 14.8 Å². The summed E-state index contributed by atoms with van der Waals surface area (Å²) in [5.41, 5.74) is 3.55. The molecule has 0 bridgehead atoms. The second-order valence-electron chi connectivity index (χ2n) is 7.59. The van der Waals surface area contributed by atoms with Crippen LogP contribution in [0.25, 0.3) is 5.69 Å². The molecule has 3 heterocycles. The first-order valence-electron chi connectivity index (χ1n) is 10.4. The maximum atomic E-state index is 12.6. The Balaban J connectivity index is 1.33. The van der Waals surface area contributed by atoms with Gasteiger partial charge in [0, 0.05) is 44.1 Å². The quantitative estimate of drug-likeness (QED) is 0.695. The van der Waals surface area contributed by atoms with Gasteiger partial charge in [0.1, 0.15) is 0 Å². The zero-order chi connectivity index (χ0) is 20.1. The van der Waals surface area contributed by atoms with Crippen LogP contribution in [-0.2, 0) is 17.8 Å². The molecule has 0 saturated carbocycles. The lowest BCUT2D eigenvalue weighted by Crippen LogP contribution is -2.41. The summed E-state index contributed by atoms with van der Waals surface area (Å²) in [6, 6.07) is 16.6. The number of carbonyl (C=O) groups is 1. The van der Waals surface area contributed by atoms with Crippen LogP contribution in [-0.4, -0.2) is 28.5 Å². The van der Waals surface area contributed by atoms with Crippen LogP contribution in [0.2, 0.25) is 0 Å². The number of carbonyl (C=O) groups excluding carboxylic acids is 1. The fraction of sp³-hybridized carbons (Fsp3) is 0.333. The van der Waals surface area contributed by atoms with Gasteiger partial charge in [-0.25, -0.2) is 4.98 Å². The SMILES string of the molecule is CCc1ccc(CNC(=O)C2CCN(c3ncccc3-n3cccc3)CC2)cc1. The molecule has 5 nitrogen and oxygen atoms in total. The van der Waals surface area contributed by atoms with Crippen molar-refractivity contribution in [2.75, 3.05) is 18.0 Å². The maximum absolute atomic E-state index is 12.6. The zero-order valence-corrected chi connectivity index (χ0v) is 16.9. The predicted molar refractivity (Wildman–Crippen MR) is 116 cm³/mol. The number of rotatable bonds is 6. The lowest BCUT2D eigenvalue weighted by molar-refractivity contribution is -0.125. The van der Waals surface area contributed by atoms with E-state index in [1.807, 2.05) is 36.8 Å². The summed E-state index contributed by atoms with van der Waals surface area (Å²) in [7, 11) is 0. The van der Waals surface area contributed by atoms with Crippen molar-refractivity contribution in [3.05, 3.63) is 78.2 Å². The van der Waals surface area contributed by atoms with Crippen molar-refractivity contribution in [3.63, 3.8) is 0 Å². The van der Waals surface area contributed by atoms with Gasteiger partial charge in [-0.15, -0.1) is 0 Å². The lowest BCUT2D eigenvalue weighted by Gasteiger charge is -2.33. The van der Waals surface area contributed by atoms with Gasteiger partial charge in [-0.3, -0.25) is 4.79 Å². The number of hydrogen-bond donors (Lipinski definition) is 1. The Morgan fingerprint density at radius 2 is 1.72 bits per heavy atom. The van der Waals surface area contributed by atoms with Crippen LogP contribution in [0, 0.1) is 5.92 Å². The summed E-state index contributed by atoms with van der Waals surface area (Å²) in [6.45, 7) is 4.43. The number of amides is 1. The minimum absolute atomic E-state index is 0.0694. The van der Waals surface area contributed by atoms with Gasteiger partial charge in [-0.2, -0.15) is 0 Å². The number of aromatic nitrogens is 2. The Bertz CT molecular complexity index is 926. The molecular weight excluding hydrogens is 360 g/mol. The normalized spacial score (nSPS) is 14.7. The first-order chi connectivity index (χ1) is 14.2. The summed E-state index contributed by atoms with van der Waals surface area (Å²) in [6.07, 6.45) is 8.64. The number of aryl methyl sites for hydroxylation is 1. The summed E-state index contributed by atoms with van der Waals surface area (Å²) in [4.78, 5) is 19.6. The van der Waals surface area contributed by atoms with Crippen LogP contribution in [0.15, 0.2) is 67.1 Å². The third-order valence-corrected chi connectivity index (χ3v) is 5.71. The molecule has 1 aromatic carbocycles. The molecule has 1 aliphatic rings. The number of benzene rings is 1. The molecule has 0 atom stereocenters. The van der Waals surface area contributed by atoms with Crippen molar-refractivity contribution in [2.45, 2.75) is 32.7 Å². The molecule has 3 aromatic rings. The Morgan fingerprint density at radius 1 is 1.03 bits per heavy atom. The first kappa shape index (κ1) is 19.2. The highest BCUT2D eigenvalue weighted by atomic mass is 16.1. The number of piperidine rings is 1. The molecule has 0 spiro atoms. The lowest BCUT2D eigenvalue weighted by atomic mass is 9.95. The predicted octanol–water partition coefficient (Wildman–Crippen LogP) is 3.97. The highest BCUT2D eigenvalue weighted by Gasteiger charge is 2.26. The third kappa shape index (κ3) is 4.50. The summed E-state index contributed by atoms with van der Waals surface area (Å²) >= 11 is 0. The Morgan fingerprint density at radius 3 is 2.41 bits per heavy atom. The van der Waals surface area contributed by atoms with Crippen molar-refractivity contribution in [1.82, 2.24) is 14.9 Å². The molecule has 2 aromatic heterocycles. The minimum Gasteiger partial charge on any atom is -0.355 e. The molecule has 1 aliphatic heterocycles. The monoisotopic (exact) mass is 388 g/mol. The van der Waals surface area contributed by atoms with Crippen LogP contribution in [0.1, 0.15) is 30.9 Å². The molecule has 1 saturated heterocycles. The van der Waals surface area contributed by atoms with E-state index in [0.717, 1.165) is 49.4 Å². The van der Waals surface area contributed by atoms with Crippen molar-refractivity contribution in [2.24, 2.45) is 5.92 Å². The smallest absolute Gasteiger partial charge is 0.223 e. The topological polar surface area (TPSA) is 50.2 Å². The van der Waals surface area contributed by atoms with Gasteiger partial charge in [0.05, 0.1) is 5.69 Å². The van der Waals surface area contributed by atoms with E-state index < -0.39 is 0 Å². The minimum atomic E-state index is 0.0694. The van der Waals surface area contributed by atoms with Crippen molar-refractivity contribution in [3.8, 4) is 5.69 Å². The molecule has 0 aliphatic carbocycles. The molecule has 0 radical (unpaired) electrons. The second-order valence-corrected chi connectivity index (χ2v) is 7.59. The highest BCUT2D eigenvalue weighted by Crippen LogP contribution is 2.27. The van der Waals surface area contributed by atoms with E-state index in [1.54, 1.807) is 0 Å². The van der Waals surface area contributed by atoms with Gasteiger partial charge in [-0.05, 0) is 54.7 Å². The number of nitrogens with zero attached hydrogens (tertiary/aromatic N) is 3. The van der Waals surface area contributed by atoms with Gasteiger partial charge >= 0.3 is 0 Å². The standard InChI is InChI=1S/C24H28N4O/c1-2-19-7-9-20(10-8-19)18-26-24(29)21-11-16-28(17-12-21)23-22(6-5-13-25-23)27-14-3-4-15-27/h3-10,13-15,21H,2,11-12,16-18H2,1H3,(H,26,29). The van der Waals surface area contributed by atoms with E-state index in [2.05, 4.69) is 57.0 Å². The second kappa shape index (κ2) is 8.95. The first-order valence-corrected chi connectivity index (χ1v) is 10.4. The van der Waals surface area contributed by atoms with E-state index in [1.165, 1.54) is 5.56 Å². The summed E-state index contributed by atoms with van der Waals surface area (Å²) in [5, 5.41) is 3.12. The molecule has 0 unspecified atom stereocenters. The fourth-order valence-corrected chi connectivity index (χ4v) is 3.91. The van der Waals surface area contributed by atoms with Gasteiger partial charge in [-0.1, -0.05) is 31.2 Å². The molecule has 150 valence electrons. The van der Waals surface area contributed by atoms with E-state index in [-0.39, 0.29) is 11.8 Å². The third-order valence-electron chi connectivity index (χ3n) is 5.71. The maximum Gasteiger partial charge on any atom is 0.223 e. The van der Waals surface area contributed by atoms with Crippen molar-refractivity contribution in [1.29, 1.82) is 0 Å². The molecule has 1 fully saturated rings. The fourth-order valence-electron chi connectivity index (χ4n) is 3.91. The van der Waals surface area contributed by atoms with E-state index in [9.17, 15) is 4.79 Å². The number of nitrogens with one attached hydrogen (secondary N) is 1.